The predicted octanol–water partition coefficient (Wildman–Crippen LogP) is 5.16. The van der Waals surface area contributed by atoms with Gasteiger partial charge in [0.25, 0.3) is 0 Å². The summed E-state index contributed by atoms with van der Waals surface area (Å²) >= 11 is 1.19. The van der Waals surface area contributed by atoms with Crippen molar-refractivity contribution < 1.29 is 48.3 Å². The summed E-state index contributed by atoms with van der Waals surface area (Å²) in [7, 11) is 0. The molecule has 0 saturated heterocycles. The fourth-order valence-corrected chi connectivity index (χ4v) is 1.29. The first-order valence-corrected chi connectivity index (χ1v) is 4.31. The van der Waals surface area contributed by atoms with Crippen LogP contribution in [-0.2, 0) is 0 Å². The summed E-state index contributed by atoms with van der Waals surface area (Å²) in [6.07, 6.45) is -21.5. The Hall–Kier alpha value is -0.550. The molecular formula is C6BrF11. The summed E-state index contributed by atoms with van der Waals surface area (Å²) in [6, 6.07) is 0. The molecule has 0 radical (unpaired) electrons. The quantitative estimate of drug-likeness (QED) is 0.566. The number of hydrogen-bond acceptors (Lipinski definition) is 0. The third kappa shape index (κ3) is 2.43. The average molecular weight is 361 g/mol. The zero-order valence-corrected chi connectivity index (χ0v) is 9.12. The van der Waals surface area contributed by atoms with Gasteiger partial charge in [0.1, 0.15) is 0 Å². The van der Waals surface area contributed by atoms with Gasteiger partial charge in [0.05, 0.1) is 0 Å². The van der Waals surface area contributed by atoms with E-state index in [2.05, 4.69) is 0 Å². The van der Waals surface area contributed by atoms with Crippen LogP contribution in [0.2, 0.25) is 0 Å². The first-order chi connectivity index (χ1) is 7.60. The molecule has 0 amide bonds. The average Bonchev–Trinajstić information content (AvgIpc) is 1.94. The third-order valence-corrected chi connectivity index (χ3v) is 2.12. The predicted molar refractivity (Wildman–Crippen MR) is 38.8 cm³/mol. The van der Waals surface area contributed by atoms with Gasteiger partial charge in [0.15, 0.2) is 10.6 Å². The van der Waals surface area contributed by atoms with E-state index in [4.69, 9.17) is 0 Å². The molecule has 108 valence electrons. The minimum absolute atomic E-state index is 1.19. The Balaban J connectivity index is 6.58. The Morgan fingerprint density at radius 1 is 0.611 bits per heavy atom. The molecule has 0 spiro atoms. The van der Waals surface area contributed by atoms with Crippen molar-refractivity contribution in [2.45, 2.75) is 18.5 Å². The maximum atomic E-state index is 12.6. The highest BCUT2D eigenvalue weighted by Gasteiger charge is 2.86. The second-order valence-corrected chi connectivity index (χ2v) is 3.51. The van der Waals surface area contributed by atoms with Crippen LogP contribution in [0.25, 0.3) is 0 Å². The molecule has 0 atom stereocenters. The van der Waals surface area contributed by atoms with E-state index in [1.165, 1.54) is 15.9 Å². The van der Waals surface area contributed by atoms with Crippen LogP contribution in [0, 0.1) is 5.41 Å². The second-order valence-electron chi connectivity index (χ2n) is 2.82. The van der Waals surface area contributed by atoms with Crippen molar-refractivity contribution >= 4 is 15.9 Å². The lowest BCUT2D eigenvalue weighted by atomic mass is 9.84. The van der Waals surface area contributed by atoms with Crippen molar-refractivity contribution in [3.05, 3.63) is 10.6 Å². The van der Waals surface area contributed by atoms with Crippen LogP contribution in [-0.4, -0.2) is 18.5 Å². The van der Waals surface area contributed by atoms with E-state index >= 15 is 0 Å². The Morgan fingerprint density at radius 3 is 0.889 bits per heavy atom. The third-order valence-electron chi connectivity index (χ3n) is 1.77. The van der Waals surface area contributed by atoms with Crippen molar-refractivity contribution in [2.75, 3.05) is 0 Å². The van der Waals surface area contributed by atoms with E-state index < -0.39 is 34.5 Å². The van der Waals surface area contributed by atoms with Gasteiger partial charge in [-0.15, -0.1) is 0 Å². The first kappa shape index (κ1) is 17.4. The molecule has 0 N–H and O–H groups in total. The van der Waals surface area contributed by atoms with Gasteiger partial charge in [-0.2, -0.15) is 43.9 Å². The van der Waals surface area contributed by atoms with E-state index in [-0.39, 0.29) is 0 Å². The van der Waals surface area contributed by atoms with Gasteiger partial charge >= 0.3 is 23.9 Å². The molecule has 0 aliphatic carbocycles. The van der Waals surface area contributed by atoms with Gasteiger partial charge in [-0.25, -0.2) is 4.39 Å². The molecular weight excluding hydrogens is 361 g/mol. The Bertz CT molecular complexity index is 302. The van der Waals surface area contributed by atoms with Gasteiger partial charge in [0, 0.05) is 0 Å². The first-order valence-electron chi connectivity index (χ1n) is 3.52. The molecule has 0 nitrogen and oxygen atoms in total. The molecule has 0 rings (SSSR count). The molecule has 0 heterocycles. The Morgan fingerprint density at radius 2 is 0.833 bits per heavy atom. The number of allylic oxidation sites excluding steroid dienone is 1. The van der Waals surface area contributed by atoms with Crippen molar-refractivity contribution in [1.82, 2.24) is 0 Å². The molecule has 12 heteroatoms. The van der Waals surface area contributed by atoms with Crippen molar-refractivity contribution in [3.63, 3.8) is 0 Å². The highest BCUT2D eigenvalue weighted by atomic mass is 79.9. The maximum absolute atomic E-state index is 12.6. The largest absolute Gasteiger partial charge is 0.418 e. The van der Waals surface area contributed by atoms with Crippen molar-refractivity contribution in [1.29, 1.82) is 0 Å². The minimum Gasteiger partial charge on any atom is -0.206 e. The highest BCUT2D eigenvalue weighted by Crippen LogP contribution is 2.64. The number of alkyl halides is 9. The summed E-state index contributed by atoms with van der Waals surface area (Å²) in [4.78, 5) is 0. The maximum Gasteiger partial charge on any atom is 0.418 e. The van der Waals surface area contributed by atoms with Crippen molar-refractivity contribution in [2.24, 2.45) is 5.41 Å². The van der Waals surface area contributed by atoms with E-state index in [1.54, 1.807) is 0 Å². The van der Waals surface area contributed by atoms with Gasteiger partial charge < -0.3 is 0 Å². The van der Waals surface area contributed by atoms with Crippen molar-refractivity contribution in [3.8, 4) is 0 Å². The van der Waals surface area contributed by atoms with Crippen LogP contribution in [0.3, 0.4) is 0 Å². The van der Waals surface area contributed by atoms with Crippen LogP contribution >= 0.6 is 15.9 Å². The molecule has 18 heavy (non-hydrogen) atoms. The lowest BCUT2D eigenvalue weighted by Crippen LogP contribution is -2.60. The standard InChI is InChI=1S/C6BrF11/c7-2(9)1(8)3(4(10,11)12,5(13,14)15)6(16,17)18/b2-1+. The van der Waals surface area contributed by atoms with Gasteiger partial charge in [-0.1, -0.05) is 0 Å². The fourth-order valence-electron chi connectivity index (χ4n) is 0.997. The van der Waals surface area contributed by atoms with Crippen LogP contribution in [0.1, 0.15) is 0 Å². The second kappa shape index (κ2) is 4.53. The zero-order chi connectivity index (χ0) is 15.2. The Kier molecular flexibility index (Phi) is 4.39. The fraction of sp³-hybridized carbons (Fsp3) is 0.667. The van der Waals surface area contributed by atoms with E-state index in [9.17, 15) is 48.3 Å². The minimum atomic E-state index is -7.17. The monoisotopic (exact) mass is 360 g/mol. The van der Waals surface area contributed by atoms with Crippen LogP contribution < -0.4 is 0 Å². The van der Waals surface area contributed by atoms with E-state index in [0.717, 1.165) is 0 Å². The summed E-state index contributed by atoms with van der Waals surface area (Å²) in [5.74, 6) is -4.06. The van der Waals surface area contributed by atoms with Crippen LogP contribution in [0.5, 0.6) is 0 Å². The van der Waals surface area contributed by atoms with E-state index in [0.29, 0.717) is 0 Å². The van der Waals surface area contributed by atoms with Crippen LogP contribution in [0.4, 0.5) is 48.3 Å². The molecule has 0 aliphatic heterocycles. The summed E-state index contributed by atoms with van der Waals surface area (Å²) < 4.78 is 130. The normalized spacial score (nSPS) is 16.7. The molecule has 0 fully saturated rings. The topological polar surface area (TPSA) is 0 Å². The molecule has 0 aromatic carbocycles. The molecule has 0 aromatic heterocycles. The summed E-state index contributed by atoms with van der Waals surface area (Å²) in [5, 5.41) is 0. The van der Waals surface area contributed by atoms with Crippen LogP contribution in [0.15, 0.2) is 10.6 Å². The highest BCUT2D eigenvalue weighted by molar-refractivity contribution is 9.11. The molecule has 0 unspecified atom stereocenters. The SMILES string of the molecule is F/C(Br)=C(/F)C(C(F)(F)F)(C(F)(F)F)C(F)(F)F. The lowest BCUT2D eigenvalue weighted by Gasteiger charge is -2.36. The Labute approximate surface area is 99.6 Å². The summed E-state index contributed by atoms with van der Waals surface area (Å²) in [6.45, 7) is 0. The van der Waals surface area contributed by atoms with Gasteiger partial charge in [-0.05, 0) is 15.9 Å². The van der Waals surface area contributed by atoms with Gasteiger partial charge in [-0.3, -0.25) is 0 Å². The lowest BCUT2D eigenvalue weighted by molar-refractivity contribution is -0.416. The molecule has 0 saturated carbocycles. The molecule has 0 bridgehead atoms. The number of rotatable bonds is 1. The van der Waals surface area contributed by atoms with Gasteiger partial charge in [0.2, 0.25) is 0 Å². The number of halogens is 12. The molecule has 0 aromatic rings. The summed E-state index contributed by atoms with van der Waals surface area (Å²) in [5.41, 5.74) is -6.92. The molecule has 0 aliphatic rings. The number of hydrogen-bond donors (Lipinski definition) is 0. The van der Waals surface area contributed by atoms with E-state index in [1.807, 2.05) is 0 Å². The zero-order valence-electron chi connectivity index (χ0n) is 7.54. The smallest absolute Gasteiger partial charge is 0.206 e.